The Morgan fingerprint density at radius 1 is 1.14 bits per heavy atom. The Kier molecular flexibility index (Phi) is 5.82. The Morgan fingerprint density at radius 3 is 2.43 bits per heavy atom. The molecule has 0 bridgehead atoms. The molecule has 0 radical (unpaired) electrons. The van der Waals surface area contributed by atoms with Crippen molar-refractivity contribution in [3.63, 3.8) is 0 Å². The Morgan fingerprint density at radius 2 is 1.82 bits per heavy atom. The van der Waals surface area contributed by atoms with Gasteiger partial charge in [0.1, 0.15) is 24.2 Å². The van der Waals surface area contributed by atoms with Crippen molar-refractivity contribution in [3.8, 4) is 5.75 Å². The van der Waals surface area contributed by atoms with Gasteiger partial charge in [-0.25, -0.2) is 9.18 Å². The van der Waals surface area contributed by atoms with Gasteiger partial charge in [-0.1, -0.05) is 30.3 Å². The van der Waals surface area contributed by atoms with E-state index in [1.807, 2.05) is 0 Å². The summed E-state index contributed by atoms with van der Waals surface area (Å²) in [5.41, 5.74) is 1.26. The van der Waals surface area contributed by atoms with Crippen molar-refractivity contribution in [2.45, 2.75) is 31.5 Å². The SMILES string of the molecule is CN(C)C(=O)[C@@H]1CC[C@H](c2ccc(OCc3ccccc3F)cc2)N1C(=O)O. The predicted octanol–water partition coefficient (Wildman–Crippen LogP) is 3.68. The molecule has 7 heteroatoms. The molecule has 6 nitrogen and oxygen atoms in total. The van der Waals surface area contributed by atoms with Crippen LogP contribution >= 0.6 is 0 Å². The van der Waals surface area contributed by atoms with Gasteiger partial charge in [0, 0.05) is 19.7 Å². The molecule has 1 saturated heterocycles. The molecule has 1 aliphatic rings. The normalized spacial score (nSPS) is 18.8. The van der Waals surface area contributed by atoms with Crippen molar-refractivity contribution in [1.29, 1.82) is 0 Å². The monoisotopic (exact) mass is 386 g/mol. The van der Waals surface area contributed by atoms with E-state index in [-0.39, 0.29) is 24.4 Å². The molecule has 2 aromatic rings. The minimum absolute atomic E-state index is 0.107. The molecule has 2 atom stereocenters. The summed E-state index contributed by atoms with van der Waals surface area (Å²) in [6.07, 6.45) is -0.0477. The summed E-state index contributed by atoms with van der Waals surface area (Å²) in [5.74, 6) is 0.0290. The molecular weight excluding hydrogens is 363 g/mol. The third kappa shape index (κ3) is 4.08. The van der Waals surface area contributed by atoms with Gasteiger partial charge in [0.05, 0.1) is 6.04 Å². The largest absolute Gasteiger partial charge is 0.489 e. The third-order valence-electron chi connectivity index (χ3n) is 4.95. The number of benzene rings is 2. The summed E-state index contributed by atoms with van der Waals surface area (Å²) < 4.78 is 19.3. The van der Waals surface area contributed by atoms with E-state index < -0.39 is 12.1 Å². The topological polar surface area (TPSA) is 70.1 Å². The van der Waals surface area contributed by atoms with Gasteiger partial charge in [0.15, 0.2) is 0 Å². The van der Waals surface area contributed by atoms with Gasteiger partial charge in [-0.15, -0.1) is 0 Å². The predicted molar refractivity (Wildman–Crippen MR) is 101 cm³/mol. The van der Waals surface area contributed by atoms with Crippen LogP contribution in [0, 0.1) is 5.82 Å². The number of ether oxygens (including phenoxy) is 1. The molecule has 0 unspecified atom stereocenters. The molecule has 0 spiro atoms. The number of hydrogen-bond donors (Lipinski definition) is 1. The van der Waals surface area contributed by atoms with Crippen molar-refractivity contribution in [1.82, 2.24) is 9.80 Å². The second-order valence-electron chi connectivity index (χ2n) is 6.98. The number of hydrogen-bond acceptors (Lipinski definition) is 3. The number of likely N-dealkylation sites (N-methyl/N-ethyl adjacent to an activating group) is 1. The average molecular weight is 386 g/mol. The number of nitrogens with zero attached hydrogens (tertiary/aromatic N) is 2. The van der Waals surface area contributed by atoms with Crippen LogP contribution in [0.4, 0.5) is 9.18 Å². The second kappa shape index (κ2) is 8.29. The maximum Gasteiger partial charge on any atom is 0.408 e. The van der Waals surface area contributed by atoms with Gasteiger partial charge < -0.3 is 14.7 Å². The fourth-order valence-corrected chi connectivity index (χ4v) is 3.51. The fourth-order valence-electron chi connectivity index (χ4n) is 3.51. The van der Waals surface area contributed by atoms with E-state index in [4.69, 9.17) is 4.74 Å². The van der Waals surface area contributed by atoms with E-state index in [0.717, 1.165) is 5.56 Å². The number of likely N-dealkylation sites (tertiary alicyclic amines) is 1. The van der Waals surface area contributed by atoms with Gasteiger partial charge >= 0.3 is 6.09 Å². The zero-order valence-corrected chi connectivity index (χ0v) is 15.8. The smallest absolute Gasteiger partial charge is 0.408 e. The highest BCUT2D eigenvalue weighted by Crippen LogP contribution is 2.37. The molecule has 2 aromatic carbocycles. The maximum atomic E-state index is 13.7. The van der Waals surface area contributed by atoms with E-state index in [1.54, 1.807) is 56.6 Å². The van der Waals surface area contributed by atoms with Crippen LogP contribution in [0.15, 0.2) is 48.5 Å². The average Bonchev–Trinajstić information content (AvgIpc) is 3.12. The molecule has 0 aromatic heterocycles. The summed E-state index contributed by atoms with van der Waals surface area (Å²) in [5, 5.41) is 9.63. The molecule has 0 aliphatic carbocycles. The van der Waals surface area contributed by atoms with Gasteiger partial charge in [-0.3, -0.25) is 9.69 Å². The van der Waals surface area contributed by atoms with E-state index in [0.29, 0.717) is 24.2 Å². The molecule has 1 aliphatic heterocycles. The molecule has 3 rings (SSSR count). The molecule has 1 N–H and O–H groups in total. The highest BCUT2D eigenvalue weighted by atomic mass is 19.1. The lowest BCUT2D eigenvalue weighted by Gasteiger charge is -2.28. The highest BCUT2D eigenvalue weighted by Gasteiger charge is 2.42. The molecule has 2 amide bonds. The minimum Gasteiger partial charge on any atom is -0.489 e. The summed E-state index contributed by atoms with van der Waals surface area (Å²) >= 11 is 0. The molecule has 28 heavy (non-hydrogen) atoms. The van der Waals surface area contributed by atoms with Crippen LogP contribution in [0.1, 0.15) is 30.0 Å². The summed E-state index contributed by atoms with van der Waals surface area (Å²) in [6.45, 7) is 0.107. The molecule has 0 saturated carbocycles. The quantitative estimate of drug-likeness (QED) is 0.851. The Hall–Kier alpha value is -3.09. The summed E-state index contributed by atoms with van der Waals surface area (Å²) in [6, 6.07) is 12.4. The van der Waals surface area contributed by atoms with Crippen molar-refractivity contribution < 1.29 is 23.8 Å². The number of halogens is 1. The third-order valence-corrected chi connectivity index (χ3v) is 4.95. The van der Waals surface area contributed by atoms with Gasteiger partial charge in [0.2, 0.25) is 5.91 Å². The van der Waals surface area contributed by atoms with Crippen LogP contribution in [-0.4, -0.2) is 47.0 Å². The number of carbonyl (C=O) groups is 2. The Bertz CT molecular complexity index is 854. The first-order valence-corrected chi connectivity index (χ1v) is 9.07. The molecule has 1 fully saturated rings. The van der Waals surface area contributed by atoms with Gasteiger partial charge in [-0.2, -0.15) is 0 Å². The lowest BCUT2D eigenvalue weighted by atomic mass is 10.0. The summed E-state index contributed by atoms with van der Waals surface area (Å²) in [4.78, 5) is 26.7. The Balaban J connectivity index is 1.71. The second-order valence-corrected chi connectivity index (χ2v) is 6.98. The van der Waals surface area contributed by atoms with Crippen LogP contribution in [0.2, 0.25) is 0 Å². The zero-order chi connectivity index (χ0) is 20.3. The minimum atomic E-state index is -1.11. The van der Waals surface area contributed by atoms with Crippen molar-refractivity contribution in [2.75, 3.05) is 14.1 Å². The van der Waals surface area contributed by atoms with E-state index >= 15 is 0 Å². The lowest BCUT2D eigenvalue weighted by molar-refractivity contribution is -0.133. The van der Waals surface area contributed by atoms with Crippen LogP contribution in [0.5, 0.6) is 5.75 Å². The first kappa shape index (κ1) is 19.7. The van der Waals surface area contributed by atoms with E-state index in [1.165, 1.54) is 15.9 Å². The number of carboxylic acid groups (broad SMARTS) is 1. The zero-order valence-electron chi connectivity index (χ0n) is 15.8. The van der Waals surface area contributed by atoms with Crippen LogP contribution in [-0.2, 0) is 11.4 Å². The highest BCUT2D eigenvalue weighted by molar-refractivity contribution is 5.85. The van der Waals surface area contributed by atoms with Crippen molar-refractivity contribution in [2.24, 2.45) is 0 Å². The van der Waals surface area contributed by atoms with E-state index in [2.05, 4.69) is 0 Å². The lowest BCUT2D eigenvalue weighted by Crippen LogP contribution is -2.45. The van der Waals surface area contributed by atoms with Crippen molar-refractivity contribution in [3.05, 3.63) is 65.5 Å². The van der Waals surface area contributed by atoms with Gasteiger partial charge in [0.25, 0.3) is 0 Å². The van der Waals surface area contributed by atoms with Gasteiger partial charge in [-0.05, 0) is 36.6 Å². The maximum absolute atomic E-state index is 13.7. The summed E-state index contributed by atoms with van der Waals surface area (Å²) in [7, 11) is 3.24. The first-order valence-electron chi connectivity index (χ1n) is 9.07. The number of rotatable bonds is 5. The number of carbonyl (C=O) groups excluding carboxylic acids is 1. The first-order chi connectivity index (χ1) is 13.4. The molecular formula is C21H23FN2O4. The molecule has 1 heterocycles. The molecule has 148 valence electrons. The van der Waals surface area contributed by atoms with Crippen LogP contribution in [0.3, 0.4) is 0 Å². The number of amides is 2. The Labute approximate surface area is 163 Å². The standard InChI is InChI=1S/C21H23FN2O4/c1-23(2)20(25)19-12-11-18(24(19)21(26)27)14-7-9-16(10-8-14)28-13-15-5-3-4-6-17(15)22/h3-10,18-19H,11-13H2,1-2H3,(H,26,27)/t18-,19+/m1/s1. The fraction of sp³-hybridized carbons (Fsp3) is 0.333. The van der Waals surface area contributed by atoms with Crippen molar-refractivity contribution >= 4 is 12.0 Å². The van der Waals surface area contributed by atoms with E-state index in [9.17, 15) is 19.1 Å². The van der Waals surface area contributed by atoms with Crippen LogP contribution in [0.25, 0.3) is 0 Å². The van der Waals surface area contributed by atoms with Crippen LogP contribution < -0.4 is 4.74 Å².